The number of aryl methyl sites for hydroxylation is 1. The van der Waals surface area contributed by atoms with Crippen molar-refractivity contribution in [3.63, 3.8) is 0 Å². The van der Waals surface area contributed by atoms with Crippen LogP contribution in [0.1, 0.15) is 31.7 Å². The van der Waals surface area contributed by atoms with Gasteiger partial charge in [-0.1, -0.05) is 24.6 Å². The van der Waals surface area contributed by atoms with E-state index in [-0.39, 0.29) is 29.9 Å². The van der Waals surface area contributed by atoms with Gasteiger partial charge in [-0.3, -0.25) is 9.79 Å². The summed E-state index contributed by atoms with van der Waals surface area (Å²) in [5, 5.41) is 6.69. The minimum absolute atomic E-state index is 0. The largest absolute Gasteiger partial charge is 0.356 e. The molecular weight excluding hydrogens is 451 g/mol. The molecule has 140 valence electrons. The molecule has 1 amide bonds. The standard InChI is InChI=1S/C18H27ClN4O.HI/c1-13-7-10-23(11-8-13)18(20-3)21-9-6-17(24)22-16-5-4-14(2)12-15(16)19;/h4-5,12-13H,6-11H2,1-3H3,(H,20,21)(H,22,24);1H. The predicted molar refractivity (Wildman–Crippen MR) is 116 cm³/mol. The van der Waals surface area contributed by atoms with Gasteiger partial charge < -0.3 is 15.5 Å². The molecular formula is C18H28ClIN4O. The minimum atomic E-state index is -0.0593. The Labute approximate surface area is 172 Å². The number of rotatable bonds is 4. The molecule has 0 atom stereocenters. The second kappa shape index (κ2) is 10.9. The number of hydrogen-bond donors (Lipinski definition) is 2. The summed E-state index contributed by atoms with van der Waals surface area (Å²) in [6.07, 6.45) is 2.74. The number of piperidine rings is 1. The topological polar surface area (TPSA) is 56.7 Å². The van der Waals surface area contributed by atoms with Crippen LogP contribution in [0.15, 0.2) is 23.2 Å². The van der Waals surface area contributed by atoms with Gasteiger partial charge in [-0.05, 0) is 43.4 Å². The fraction of sp³-hybridized carbons (Fsp3) is 0.556. The smallest absolute Gasteiger partial charge is 0.226 e. The molecule has 1 fully saturated rings. The molecule has 0 aromatic heterocycles. The van der Waals surface area contributed by atoms with Crippen LogP contribution in [-0.2, 0) is 4.79 Å². The van der Waals surface area contributed by atoms with Crippen molar-refractivity contribution in [1.82, 2.24) is 10.2 Å². The van der Waals surface area contributed by atoms with Crippen LogP contribution in [0.4, 0.5) is 5.69 Å². The highest BCUT2D eigenvalue weighted by molar-refractivity contribution is 14.0. The summed E-state index contributed by atoms with van der Waals surface area (Å²) < 4.78 is 0. The number of carbonyl (C=O) groups excluding carboxylic acids is 1. The first-order valence-electron chi connectivity index (χ1n) is 8.51. The lowest BCUT2D eigenvalue weighted by Gasteiger charge is -2.32. The Bertz CT molecular complexity index is 601. The molecule has 25 heavy (non-hydrogen) atoms. The summed E-state index contributed by atoms with van der Waals surface area (Å²) in [4.78, 5) is 18.7. The maximum absolute atomic E-state index is 12.1. The van der Waals surface area contributed by atoms with Gasteiger partial charge in [-0.15, -0.1) is 24.0 Å². The van der Waals surface area contributed by atoms with Crippen molar-refractivity contribution >= 4 is 53.1 Å². The monoisotopic (exact) mass is 478 g/mol. The number of nitrogens with one attached hydrogen (secondary N) is 2. The number of guanidine groups is 1. The summed E-state index contributed by atoms with van der Waals surface area (Å²) in [5.74, 6) is 1.60. The lowest BCUT2D eigenvalue weighted by atomic mass is 10.00. The molecule has 1 aliphatic rings. The van der Waals surface area contributed by atoms with Crippen molar-refractivity contribution in [2.24, 2.45) is 10.9 Å². The van der Waals surface area contributed by atoms with Crippen molar-refractivity contribution in [2.75, 3.05) is 32.0 Å². The van der Waals surface area contributed by atoms with Crippen molar-refractivity contribution in [1.29, 1.82) is 0 Å². The molecule has 1 aromatic carbocycles. The first-order valence-corrected chi connectivity index (χ1v) is 8.89. The highest BCUT2D eigenvalue weighted by Crippen LogP contribution is 2.22. The molecule has 5 nitrogen and oxygen atoms in total. The van der Waals surface area contributed by atoms with Crippen LogP contribution < -0.4 is 10.6 Å². The molecule has 0 bridgehead atoms. The van der Waals surface area contributed by atoms with E-state index in [0.29, 0.717) is 23.7 Å². The van der Waals surface area contributed by atoms with E-state index in [0.717, 1.165) is 30.5 Å². The summed E-state index contributed by atoms with van der Waals surface area (Å²) >= 11 is 6.14. The van der Waals surface area contributed by atoms with Crippen molar-refractivity contribution in [2.45, 2.75) is 33.1 Å². The second-order valence-electron chi connectivity index (χ2n) is 6.43. The number of benzene rings is 1. The van der Waals surface area contributed by atoms with E-state index in [4.69, 9.17) is 11.6 Å². The Hall–Kier alpha value is -1.02. The lowest BCUT2D eigenvalue weighted by Crippen LogP contribution is -2.45. The van der Waals surface area contributed by atoms with Crippen LogP contribution in [0.5, 0.6) is 0 Å². The van der Waals surface area contributed by atoms with Crippen LogP contribution in [0.3, 0.4) is 0 Å². The molecule has 0 spiro atoms. The molecule has 0 aliphatic carbocycles. The molecule has 2 N–H and O–H groups in total. The molecule has 0 radical (unpaired) electrons. The van der Waals surface area contributed by atoms with E-state index in [9.17, 15) is 4.79 Å². The number of likely N-dealkylation sites (tertiary alicyclic amines) is 1. The third-order valence-corrected chi connectivity index (χ3v) is 4.64. The van der Waals surface area contributed by atoms with Crippen LogP contribution in [0.25, 0.3) is 0 Å². The van der Waals surface area contributed by atoms with Gasteiger partial charge in [0.25, 0.3) is 0 Å². The quantitative estimate of drug-likeness (QED) is 0.392. The molecule has 7 heteroatoms. The molecule has 2 rings (SSSR count). The fourth-order valence-electron chi connectivity index (χ4n) is 2.77. The van der Waals surface area contributed by atoms with Crippen molar-refractivity contribution in [3.8, 4) is 0 Å². The van der Waals surface area contributed by atoms with E-state index in [2.05, 4.69) is 27.4 Å². The average molecular weight is 479 g/mol. The van der Waals surface area contributed by atoms with Crippen LogP contribution in [0.2, 0.25) is 5.02 Å². The molecule has 1 aliphatic heterocycles. The van der Waals surface area contributed by atoms with E-state index < -0.39 is 0 Å². The van der Waals surface area contributed by atoms with Gasteiger partial charge in [0.1, 0.15) is 0 Å². The van der Waals surface area contributed by atoms with Gasteiger partial charge >= 0.3 is 0 Å². The summed E-state index contributed by atoms with van der Waals surface area (Å²) in [7, 11) is 1.78. The Morgan fingerprint density at radius 1 is 1.36 bits per heavy atom. The number of anilines is 1. The number of amides is 1. The van der Waals surface area contributed by atoms with Gasteiger partial charge in [-0.2, -0.15) is 0 Å². The number of nitrogens with zero attached hydrogens (tertiary/aromatic N) is 2. The fourth-order valence-corrected chi connectivity index (χ4v) is 3.06. The SMILES string of the molecule is CN=C(NCCC(=O)Nc1ccc(C)cc1Cl)N1CCC(C)CC1.I. The zero-order valence-corrected chi connectivity index (χ0v) is 18.2. The first-order chi connectivity index (χ1) is 11.5. The normalized spacial score (nSPS) is 15.5. The Kier molecular flexibility index (Phi) is 9.56. The maximum Gasteiger partial charge on any atom is 0.226 e. The zero-order valence-electron chi connectivity index (χ0n) is 15.1. The summed E-state index contributed by atoms with van der Waals surface area (Å²) in [6.45, 7) is 6.84. The molecule has 1 heterocycles. The summed E-state index contributed by atoms with van der Waals surface area (Å²) in [5.41, 5.74) is 1.72. The van der Waals surface area contributed by atoms with Crippen LogP contribution in [0, 0.1) is 12.8 Å². The highest BCUT2D eigenvalue weighted by atomic mass is 127. The number of aliphatic imine (C=N–C) groups is 1. The molecule has 0 saturated carbocycles. The van der Waals surface area contributed by atoms with Gasteiger partial charge in [0.2, 0.25) is 5.91 Å². The lowest BCUT2D eigenvalue weighted by molar-refractivity contribution is -0.116. The van der Waals surface area contributed by atoms with Gasteiger partial charge in [-0.25, -0.2) is 0 Å². The third-order valence-electron chi connectivity index (χ3n) is 4.33. The Morgan fingerprint density at radius 3 is 2.64 bits per heavy atom. The Balaban J connectivity index is 0.00000312. The maximum atomic E-state index is 12.1. The first kappa shape index (κ1) is 22.0. The average Bonchev–Trinajstić information content (AvgIpc) is 2.55. The number of hydrogen-bond acceptors (Lipinski definition) is 2. The predicted octanol–water partition coefficient (Wildman–Crippen LogP) is 3.90. The second-order valence-corrected chi connectivity index (χ2v) is 6.83. The van der Waals surface area contributed by atoms with Crippen LogP contribution in [-0.4, -0.2) is 43.4 Å². The van der Waals surface area contributed by atoms with Gasteiger partial charge in [0.15, 0.2) is 5.96 Å². The number of carbonyl (C=O) groups is 1. The van der Waals surface area contributed by atoms with Gasteiger partial charge in [0.05, 0.1) is 10.7 Å². The molecule has 1 aromatic rings. The molecule has 1 saturated heterocycles. The third kappa shape index (κ3) is 7.01. The van der Waals surface area contributed by atoms with E-state index in [1.807, 2.05) is 25.1 Å². The number of halogens is 2. The summed E-state index contributed by atoms with van der Waals surface area (Å²) in [6, 6.07) is 5.60. The van der Waals surface area contributed by atoms with Crippen molar-refractivity contribution < 1.29 is 4.79 Å². The van der Waals surface area contributed by atoms with E-state index >= 15 is 0 Å². The zero-order chi connectivity index (χ0) is 17.5. The van der Waals surface area contributed by atoms with Crippen LogP contribution >= 0.6 is 35.6 Å². The van der Waals surface area contributed by atoms with E-state index in [1.165, 1.54) is 12.8 Å². The molecule has 0 unspecified atom stereocenters. The van der Waals surface area contributed by atoms with Gasteiger partial charge in [0, 0.05) is 33.1 Å². The van der Waals surface area contributed by atoms with E-state index in [1.54, 1.807) is 7.05 Å². The van der Waals surface area contributed by atoms with Crippen molar-refractivity contribution in [3.05, 3.63) is 28.8 Å². The Morgan fingerprint density at radius 2 is 2.04 bits per heavy atom. The highest BCUT2D eigenvalue weighted by Gasteiger charge is 2.18. The minimum Gasteiger partial charge on any atom is -0.356 e.